The van der Waals surface area contributed by atoms with E-state index in [0.29, 0.717) is 18.5 Å². The zero-order valence-electron chi connectivity index (χ0n) is 11.9. The van der Waals surface area contributed by atoms with E-state index in [2.05, 4.69) is 15.5 Å². The quantitative estimate of drug-likeness (QED) is 0.923. The number of alkyl halides is 3. The van der Waals surface area contributed by atoms with Crippen molar-refractivity contribution in [2.45, 2.75) is 25.6 Å². The third-order valence-electron chi connectivity index (χ3n) is 3.32. The molecule has 0 aliphatic heterocycles. The Kier molecular flexibility index (Phi) is 4.62. The van der Waals surface area contributed by atoms with Gasteiger partial charge in [-0.05, 0) is 24.6 Å². The molecule has 0 amide bonds. The van der Waals surface area contributed by atoms with Crippen molar-refractivity contribution < 1.29 is 13.2 Å². The number of nitrogens with zero attached hydrogens (tertiary/aromatic N) is 3. The fourth-order valence-electron chi connectivity index (χ4n) is 2.04. The van der Waals surface area contributed by atoms with Crippen LogP contribution in [0.4, 0.5) is 13.2 Å². The molecule has 0 spiro atoms. The number of benzene rings is 1. The summed E-state index contributed by atoms with van der Waals surface area (Å²) in [4.78, 5) is 0. The normalized spacial score (nSPS) is 13.4. The summed E-state index contributed by atoms with van der Waals surface area (Å²) in [6.45, 7) is 2.45. The van der Waals surface area contributed by atoms with Crippen LogP contribution in [-0.2, 0) is 19.6 Å². The molecule has 21 heavy (non-hydrogen) atoms. The standard InChI is InChI=1S/C14H17F3N4/c1-10(18-7-6-13-20-19-9-21(13)2)11-4-3-5-12(8-11)14(15,16)17/h3-5,8-10,18H,6-7H2,1-2H3. The average molecular weight is 298 g/mol. The molecular formula is C14H17F3N4. The molecule has 0 bridgehead atoms. The molecule has 4 nitrogen and oxygen atoms in total. The first-order valence-corrected chi connectivity index (χ1v) is 6.61. The van der Waals surface area contributed by atoms with Gasteiger partial charge in [-0.3, -0.25) is 0 Å². The Hall–Kier alpha value is -1.89. The van der Waals surface area contributed by atoms with Crippen LogP contribution in [0.25, 0.3) is 0 Å². The Morgan fingerprint density at radius 3 is 2.71 bits per heavy atom. The van der Waals surface area contributed by atoms with E-state index in [0.717, 1.165) is 11.9 Å². The minimum Gasteiger partial charge on any atom is -0.321 e. The molecule has 2 aromatic rings. The molecule has 1 heterocycles. The van der Waals surface area contributed by atoms with Crippen molar-refractivity contribution in [1.29, 1.82) is 0 Å². The van der Waals surface area contributed by atoms with Crippen LogP contribution in [0.5, 0.6) is 0 Å². The minimum atomic E-state index is -4.31. The summed E-state index contributed by atoms with van der Waals surface area (Å²) >= 11 is 0. The lowest BCUT2D eigenvalue weighted by Gasteiger charge is -2.16. The van der Waals surface area contributed by atoms with E-state index in [4.69, 9.17) is 0 Å². The van der Waals surface area contributed by atoms with Gasteiger partial charge in [0, 0.05) is 26.1 Å². The highest BCUT2D eigenvalue weighted by molar-refractivity contribution is 5.27. The Labute approximate surface area is 121 Å². The van der Waals surface area contributed by atoms with Crippen molar-refractivity contribution in [3.63, 3.8) is 0 Å². The Morgan fingerprint density at radius 1 is 1.33 bits per heavy atom. The number of rotatable bonds is 5. The largest absolute Gasteiger partial charge is 0.416 e. The molecule has 1 unspecified atom stereocenters. The van der Waals surface area contributed by atoms with Crippen LogP contribution in [0.15, 0.2) is 30.6 Å². The molecule has 2 rings (SSSR count). The first kappa shape index (κ1) is 15.5. The monoisotopic (exact) mass is 298 g/mol. The van der Waals surface area contributed by atoms with Crippen molar-refractivity contribution in [1.82, 2.24) is 20.1 Å². The molecule has 0 saturated carbocycles. The highest BCUT2D eigenvalue weighted by Crippen LogP contribution is 2.30. The SMILES string of the molecule is CC(NCCc1nncn1C)c1cccc(C(F)(F)F)c1. The molecular weight excluding hydrogens is 281 g/mol. The summed E-state index contributed by atoms with van der Waals surface area (Å²) in [6, 6.07) is 5.21. The van der Waals surface area contributed by atoms with Gasteiger partial charge < -0.3 is 9.88 Å². The molecule has 1 aromatic carbocycles. The lowest BCUT2D eigenvalue weighted by molar-refractivity contribution is -0.137. The van der Waals surface area contributed by atoms with Crippen LogP contribution in [-0.4, -0.2) is 21.3 Å². The van der Waals surface area contributed by atoms with Gasteiger partial charge in [0.25, 0.3) is 0 Å². The van der Waals surface area contributed by atoms with E-state index in [9.17, 15) is 13.2 Å². The van der Waals surface area contributed by atoms with Crippen LogP contribution in [0.3, 0.4) is 0 Å². The molecule has 0 fully saturated rings. The van der Waals surface area contributed by atoms with Gasteiger partial charge in [0.15, 0.2) is 0 Å². The second kappa shape index (κ2) is 6.26. The van der Waals surface area contributed by atoms with E-state index in [1.165, 1.54) is 12.1 Å². The number of hydrogen-bond donors (Lipinski definition) is 1. The lowest BCUT2D eigenvalue weighted by Crippen LogP contribution is -2.22. The maximum Gasteiger partial charge on any atom is 0.416 e. The second-order valence-electron chi connectivity index (χ2n) is 4.91. The Morgan fingerprint density at radius 2 is 2.10 bits per heavy atom. The molecule has 0 aliphatic rings. The highest BCUT2D eigenvalue weighted by atomic mass is 19.4. The second-order valence-corrected chi connectivity index (χ2v) is 4.91. The van der Waals surface area contributed by atoms with E-state index in [-0.39, 0.29) is 6.04 Å². The van der Waals surface area contributed by atoms with Crippen LogP contribution in [0.2, 0.25) is 0 Å². The highest BCUT2D eigenvalue weighted by Gasteiger charge is 2.30. The molecule has 0 aliphatic carbocycles. The number of hydrogen-bond acceptors (Lipinski definition) is 3. The fourth-order valence-corrected chi connectivity index (χ4v) is 2.04. The van der Waals surface area contributed by atoms with Gasteiger partial charge in [0.05, 0.1) is 5.56 Å². The number of halogens is 3. The van der Waals surface area contributed by atoms with Crippen molar-refractivity contribution in [3.05, 3.63) is 47.5 Å². The molecule has 1 aromatic heterocycles. The van der Waals surface area contributed by atoms with E-state index < -0.39 is 11.7 Å². The molecule has 114 valence electrons. The average Bonchev–Trinajstić information content (AvgIpc) is 2.83. The van der Waals surface area contributed by atoms with Crippen LogP contribution >= 0.6 is 0 Å². The third-order valence-corrected chi connectivity index (χ3v) is 3.32. The summed E-state index contributed by atoms with van der Waals surface area (Å²) in [5, 5.41) is 10.9. The zero-order valence-corrected chi connectivity index (χ0v) is 11.9. The Balaban J connectivity index is 1.94. The fraction of sp³-hybridized carbons (Fsp3) is 0.429. The lowest BCUT2D eigenvalue weighted by atomic mass is 10.0. The van der Waals surface area contributed by atoms with Gasteiger partial charge in [-0.1, -0.05) is 12.1 Å². The number of aromatic nitrogens is 3. The van der Waals surface area contributed by atoms with Crippen LogP contribution in [0, 0.1) is 0 Å². The first-order chi connectivity index (χ1) is 9.88. The van der Waals surface area contributed by atoms with Gasteiger partial charge in [0.1, 0.15) is 12.2 Å². The summed E-state index contributed by atoms with van der Waals surface area (Å²) in [5.74, 6) is 0.832. The van der Waals surface area contributed by atoms with E-state index in [1.54, 1.807) is 12.4 Å². The van der Waals surface area contributed by atoms with Gasteiger partial charge in [-0.25, -0.2) is 0 Å². The minimum absolute atomic E-state index is 0.166. The number of nitrogens with one attached hydrogen (secondary N) is 1. The maximum absolute atomic E-state index is 12.7. The van der Waals surface area contributed by atoms with Gasteiger partial charge >= 0.3 is 6.18 Å². The third kappa shape index (κ3) is 4.04. The topological polar surface area (TPSA) is 42.7 Å². The predicted molar refractivity (Wildman–Crippen MR) is 72.6 cm³/mol. The predicted octanol–water partition coefficient (Wildman–Crippen LogP) is 2.73. The molecule has 0 saturated heterocycles. The molecule has 7 heteroatoms. The molecule has 1 atom stereocenters. The van der Waals surface area contributed by atoms with E-state index >= 15 is 0 Å². The molecule has 1 N–H and O–H groups in total. The molecule has 0 radical (unpaired) electrons. The van der Waals surface area contributed by atoms with Crippen LogP contribution < -0.4 is 5.32 Å². The Bertz CT molecular complexity index is 592. The maximum atomic E-state index is 12.7. The van der Waals surface area contributed by atoms with Gasteiger partial charge in [-0.2, -0.15) is 13.2 Å². The van der Waals surface area contributed by atoms with E-state index in [1.807, 2.05) is 18.5 Å². The van der Waals surface area contributed by atoms with Crippen LogP contribution in [0.1, 0.15) is 29.9 Å². The smallest absolute Gasteiger partial charge is 0.321 e. The number of aryl methyl sites for hydroxylation is 1. The van der Waals surface area contributed by atoms with Crippen molar-refractivity contribution in [2.24, 2.45) is 7.05 Å². The van der Waals surface area contributed by atoms with Crippen molar-refractivity contribution in [2.75, 3.05) is 6.54 Å². The van der Waals surface area contributed by atoms with Gasteiger partial charge in [0.2, 0.25) is 0 Å². The first-order valence-electron chi connectivity index (χ1n) is 6.61. The summed E-state index contributed by atoms with van der Waals surface area (Å²) in [7, 11) is 1.85. The van der Waals surface area contributed by atoms with Crippen molar-refractivity contribution >= 4 is 0 Å². The summed E-state index contributed by atoms with van der Waals surface area (Å²) in [6.07, 6.45) is -2.03. The van der Waals surface area contributed by atoms with Gasteiger partial charge in [-0.15, -0.1) is 10.2 Å². The zero-order chi connectivity index (χ0) is 15.5. The van der Waals surface area contributed by atoms with Crippen molar-refractivity contribution in [3.8, 4) is 0 Å². The summed E-state index contributed by atoms with van der Waals surface area (Å²) < 4.78 is 39.8. The summed E-state index contributed by atoms with van der Waals surface area (Å²) in [5.41, 5.74) is -0.00950.